The van der Waals surface area contributed by atoms with Crippen molar-refractivity contribution in [2.45, 2.75) is 6.42 Å². The maximum Gasteiger partial charge on any atom is 0.229 e. The van der Waals surface area contributed by atoms with E-state index in [2.05, 4.69) is 20.6 Å². The van der Waals surface area contributed by atoms with Crippen molar-refractivity contribution in [1.29, 1.82) is 0 Å². The lowest BCUT2D eigenvalue weighted by atomic mass is 10.2. The largest absolute Gasteiger partial charge is 0.508 e. The summed E-state index contributed by atoms with van der Waals surface area (Å²) < 4.78 is 5.07. The van der Waals surface area contributed by atoms with Crippen LogP contribution in [0.25, 0.3) is 10.9 Å². The van der Waals surface area contributed by atoms with Crippen molar-refractivity contribution in [3.63, 3.8) is 0 Å². The fraction of sp³-hybridized carbons (Fsp3) is 0.222. The molecule has 0 unspecified atom stereocenters. The van der Waals surface area contributed by atoms with Crippen LogP contribution in [0.4, 0.5) is 17.5 Å². The van der Waals surface area contributed by atoms with Crippen LogP contribution in [0.1, 0.15) is 6.42 Å². The van der Waals surface area contributed by atoms with E-state index in [-0.39, 0.29) is 5.75 Å². The van der Waals surface area contributed by atoms with Crippen LogP contribution in [0.2, 0.25) is 0 Å². The maximum atomic E-state index is 9.37. The number of anilines is 3. The first kappa shape index (κ1) is 16.0. The summed E-state index contributed by atoms with van der Waals surface area (Å²) >= 11 is 0. The molecule has 0 saturated heterocycles. The number of nitrogens with one attached hydrogen (secondary N) is 2. The predicted octanol–water partition coefficient (Wildman–Crippen LogP) is 3.53. The van der Waals surface area contributed by atoms with Gasteiger partial charge in [-0.2, -0.15) is 4.98 Å². The van der Waals surface area contributed by atoms with Gasteiger partial charge < -0.3 is 20.5 Å². The number of aromatic hydroxyl groups is 1. The molecule has 0 aliphatic rings. The lowest BCUT2D eigenvalue weighted by Crippen LogP contribution is -2.08. The molecule has 3 rings (SSSR count). The van der Waals surface area contributed by atoms with Crippen molar-refractivity contribution in [3.05, 3.63) is 48.5 Å². The Balaban J connectivity index is 1.86. The summed E-state index contributed by atoms with van der Waals surface area (Å²) in [7, 11) is 1.69. The molecule has 0 amide bonds. The van der Waals surface area contributed by atoms with Gasteiger partial charge in [-0.05, 0) is 42.8 Å². The molecule has 0 saturated carbocycles. The van der Waals surface area contributed by atoms with Gasteiger partial charge in [-0.1, -0.05) is 12.1 Å². The molecule has 6 heteroatoms. The third kappa shape index (κ3) is 3.91. The third-order valence-electron chi connectivity index (χ3n) is 3.54. The highest BCUT2D eigenvalue weighted by atomic mass is 16.5. The van der Waals surface area contributed by atoms with Crippen LogP contribution >= 0.6 is 0 Å². The van der Waals surface area contributed by atoms with E-state index in [1.165, 1.54) is 0 Å². The Morgan fingerprint density at radius 1 is 1.04 bits per heavy atom. The molecule has 6 nitrogen and oxygen atoms in total. The number of hydrogen-bond donors (Lipinski definition) is 3. The second-order valence-corrected chi connectivity index (χ2v) is 5.36. The van der Waals surface area contributed by atoms with E-state index in [9.17, 15) is 5.11 Å². The van der Waals surface area contributed by atoms with E-state index in [1.807, 2.05) is 24.3 Å². The highest BCUT2D eigenvalue weighted by Gasteiger charge is 2.07. The maximum absolute atomic E-state index is 9.37. The topological polar surface area (TPSA) is 79.3 Å². The number of phenols is 1. The third-order valence-corrected chi connectivity index (χ3v) is 3.54. The molecule has 3 aromatic rings. The highest BCUT2D eigenvalue weighted by Crippen LogP contribution is 2.24. The van der Waals surface area contributed by atoms with Crippen molar-refractivity contribution in [2.75, 3.05) is 30.9 Å². The minimum absolute atomic E-state index is 0.223. The number of benzene rings is 2. The molecule has 0 aliphatic heterocycles. The zero-order valence-electron chi connectivity index (χ0n) is 13.5. The second kappa shape index (κ2) is 7.61. The summed E-state index contributed by atoms with van der Waals surface area (Å²) in [6, 6.07) is 14.7. The lowest BCUT2D eigenvalue weighted by molar-refractivity contribution is 0.198. The monoisotopic (exact) mass is 324 g/mol. The van der Waals surface area contributed by atoms with Crippen molar-refractivity contribution in [1.82, 2.24) is 9.97 Å². The number of para-hydroxylation sites is 1. The van der Waals surface area contributed by atoms with Crippen LogP contribution in [-0.2, 0) is 4.74 Å². The minimum Gasteiger partial charge on any atom is -0.508 e. The molecule has 0 aliphatic carbocycles. The molecule has 0 fully saturated rings. The van der Waals surface area contributed by atoms with Crippen molar-refractivity contribution >= 4 is 28.4 Å². The SMILES string of the molecule is COCCCNc1nc(Nc2ccc(O)cc2)nc2ccccc12. The molecular formula is C18H20N4O2. The molecule has 0 spiro atoms. The van der Waals surface area contributed by atoms with Crippen LogP contribution in [0, 0.1) is 0 Å². The zero-order valence-corrected chi connectivity index (χ0v) is 13.5. The van der Waals surface area contributed by atoms with Crippen LogP contribution in [0.3, 0.4) is 0 Å². The molecular weight excluding hydrogens is 304 g/mol. The van der Waals surface area contributed by atoms with Gasteiger partial charge in [-0.25, -0.2) is 4.98 Å². The summed E-state index contributed by atoms with van der Waals surface area (Å²) in [6.07, 6.45) is 0.898. The number of aromatic nitrogens is 2. The molecule has 124 valence electrons. The van der Waals surface area contributed by atoms with Gasteiger partial charge in [0.1, 0.15) is 11.6 Å². The number of hydrogen-bond acceptors (Lipinski definition) is 6. The lowest BCUT2D eigenvalue weighted by Gasteiger charge is -2.12. The fourth-order valence-electron chi connectivity index (χ4n) is 2.36. The first-order valence-electron chi connectivity index (χ1n) is 7.82. The standard InChI is InChI=1S/C18H20N4O2/c1-24-12-4-11-19-17-15-5-2-3-6-16(15)21-18(22-17)20-13-7-9-14(23)10-8-13/h2-3,5-10,23H,4,11-12H2,1H3,(H2,19,20,21,22). The predicted molar refractivity (Wildman–Crippen MR) is 95.9 cm³/mol. The summed E-state index contributed by atoms with van der Waals surface area (Å²) in [5, 5.41) is 16.9. The highest BCUT2D eigenvalue weighted by molar-refractivity contribution is 5.90. The number of methoxy groups -OCH3 is 1. The van der Waals surface area contributed by atoms with E-state index >= 15 is 0 Å². The average molecular weight is 324 g/mol. The normalized spacial score (nSPS) is 10.7. The Kier molecular flexibility index (Phi) is 5.08. The van der Waals surface area contributed by atoms with Crippen LogP contribution < -0.4 is 10.6 Å². The molecule has 1 heterocycles. The summed E-state index contributed by atoms with van der Waals surface area (Å²) in [5.41, 5.74) is 1.68. The summed E-state index contributed by atoms with van der Waals surface area (Å²) in [4.78, 5) is 9.13. The number of fused-ring (bicyclic) bond motifs is 1. The molecule has 1 aromatic heterocycles. The molecule has 0 atom stereocenters. The fourth-order valence-corrected chi connectivity index (χ4v) is 2.36. The average Bonchev–Trinajstić information content (AvgIpc) is 2.60. The van der Waals surface area contributed by atoms with E-state index in [0.29, 0.717) is 12.6 Å². The van der Waals surface area contributed by atoms with Crippen LogP contribution in [-0.4, -0.2) is 35.3 Å². The molecule has 0 radical (unpaired) electrons. The Morgan fingerprint density at radius 3 is 2.62 bits per heavy atom. The molecule has 24 heavy (non-hydrogen) atoms. The smallest absolute Gasteiger partial charge is 0.229 e. The first-order chi connectivity index (χ1) is 11.8. The van der Waals surface area contributed by atoms with Crippen molar-refractivity contribution in [2.24, 2.45) is 0 Å². The number of nitrogens with zero attached hydrogens (tertiary/aromatic N) is 2. The zero-order chi connectivity index (χ0) is 16.8. The van der Waals surface area contributed by atoms with Crippen molar-refractivity contribution in [3.8, 4) is 5.75 Å². The summed E-state index contributed by atoms with van der Waals surface area (Å²) in [5.74, 6) is 1.52. The van der Waals surface area contributed by atoms with Gasteiger partial charge in [-0.3, -0.25) is 0 Å². The number of rotatable bonds is 7. The Hall–Kier alpha value is -2.86. The van der Waals surface area contributed by atoms with E-state index in [1.54, 1.807) is 31.4 Å². The second-order valence-electron chi connectivity index (χ2n) is 5.36. The van der Waals surface area contributed by atoms with Gasteiger partial charge in [0.2, 0.25) is 5.95 Å². The van der Waals surface area contributed by atoms with Gasteiger partial charge in [-0.15, -0.1) is 0 Å². The number of ether oxygens (including phenoxy) is 1. The quantitative estimate of drug-likeness (QED) is 0.456. The van der Waals surface area contributed by atoms with Gasteiger partial charge in [0.15, 0.2) is 0 Å². The molecule has 2 aromatic carbocycles. The van der Waals surface area contributed by atoms with Crippen LogP contribution in [0.15, 0.2) is 48.5 Å². The van der Waals surface area contributed by atoms with Gasteiger partial charge in [0.25, 0.3) is 0 Å². The Morgan fingerprint density at radius 2 is 1.83 bits per heavy atom. The Bertz CT molecular complexity index is 806. The number of phenolic OH excluding ortho intramolecular Hbond substituents is 1. The van der Waals surface area contributed by atoms with Gasteiger partial charge in [0, 0.05) is 31.3 Å². The van der Waals surface area contributed by atoms with E-state index < -0.39 is 0 Å². The molecule has 3 N–H and O–H groups in total. The first-order valence-corrected chi connectivity index (χ1v) is 7.82. The minimum atomic E-state index is 0.223. The van der Waals surface area contributed by atoms with Crippen molar-refractivity contribution < 1.29 is 9.84 Å². The van der Waals surface area contributed by atoms with Gasteiger partial charge in [0.05, 0.1) is 5.52 Å². The Labute approximate surface area is 140 Å². The molecule has 0 bridgehead atoms. The van der Waals surface area contributed by atoms with Gasteiger partial charge >= 0.3 is 0 Å². The van der Waals surface area contributed by atoms with E-state index in [4.69, 9.17) is 4.74 Å². The summed E-state index contributed by atoms with van der Waals surface area (Å²) in [6.45, 7) is 1.47. The van der Waals surface area contributed by atoms with Crippen LogP contribution in [0.5, 0.6) is 5.75 Å². The van der Waals surface area contributed by atoms with E-state index in [0.717, 1.165) is 35.4 Å².